The Morgan fingerprint density at radius 3 is 2.95 bits per heavy atom. The van der Waals surface area contributed by atoms with Crippen LogP contribution in [0.15, 0.2) is 11.4 Å². The lowest BCUT2D eigenvalue weighted by atomic mass is 9.78. The normalized spacial score (nSPS) is 31.4. The van der Waals surface area contributed by atoms with E-state index in [4.69, 9.17) is 0 Å². The highest BCUT2D eigenvalue weighted by Gasteiger charge is 2.28. The Kier molecular flexibility index (Phi) is 4.28. The van der Waals surface area contributed by atoms with Crippen molar-refractivity contribution in [2.24, 2.45) is 11.8 Å². The predicted molar refractivity (Wildman–Crippen MR) is 83.7 cm³/mol. The quantitative estimate of drug-likeness (QED) is 0.826. The van der Waals surface area contributed by atoms with Crippen molar-refractivity contribution >= 4 is 11.3 Å². The summed E-state index contributed by atoms with van der Waals surface area (Å²) in [4.78, 5) is 1.64. The van der Waals surface area contributed by atoms with Gasteiger partial charge in [-0.15, -0.1) is 11.3 Å². The Balaban J connectivity index is 1.63. The zero-order valence-corrected chi connectivity index (χ0v) is 13.1. The molecule has 3 atom stereocenters. The molecule has 106 valence electrons. The number of aryl methyl sites for hydroxylation is 1. The molecule has 0 radical (unpaired) electrons. The first-order valence-electron chi connectivity index (χ1n) is 8.06. The Bertz CT molecular complexity index is 409. The van der Waals surface area contributed by atoms with Crippen molar-refractivity contribution < 1.29 is 0 Å². The molecular formula is C17H27NS. The number of rotatable bonds is 3. The number of hydrogen-bond donors (Lipinski definition) is 1. The maximum absolute atomic E-state index is 3.99. The highest BCUT2D eigenvalue weighted by molar-refractivity contribution is 7.10. The average Bonchev–Trinajstić information content (AvgIpc) is 2.88. The van der Waals surface area contributed by atoms with E-state index in [9.17, 15) is 0 Å². The minimum Gasteiger partial charge on any atom is -0.307 e. The zero-order valence-electron chi connectivity index (χ0n) is 12.3. The Labute approximate surface area is 121 Å². The van der Waals surface area contributed by atoms with Gasteiger partial charge in [0.1, 0.15) is 0 Å². The van der Waals surface area contributed by atoms with Crippen LogP contribution in [0.1, 0.15) is 68.9 Å². The van der Waals surface area contributed by atoms with E-state index < -0.39 is 0 Å². The van der Waals surface area contributed by atoms with E-state index in [1.807, 2.05) is 11.3 Å². The second-order valence-electron chi connectivity index (χ2n) is 6.78. The van der Waals surface area contributed by atoms with Crippen molar-refractivity contribution in [3.05, 3.63) is 21.9 Å². The molecule has 2 heteroatoms. The van der Waals surface area contributed by atoms with Gasteiger partial charge in [-0.05, 0) is 60.9 Å². The third kappa shape index (κ3) is 3.05. The lowest BCUT2D eigenvalue weighted by Crippen LogP contribution is -2.38. The molecule has 3 rings (SSSR count). The van der Waals surface area contributed by atoms with E-state index >= 15 is 0 Å². The molecule has 3 unspecified atom stereocenters. The van der Waals surface area contributed by atoms with Gasteiger partial charge in [-0.3, -0.25) is 0 Å². The lowest BCUT2D eigenvalue weighted by molar-refractivity contribution is 0.216. The second kappa shape index (κ2) is 5.97. The van der Waals surface area contributed by atoms with E-state index in [1.165, 1.54) is 44.9 Å². The topological polar surface area (TPSA) is 12.0 Å². The van der Waals surface area contributed by atoms with Crippen molar-refractivity contribution in [1.82, 2.24) is 5.32 Å². The van der Waals surface area contributed by atoms with Gasteiger partial charge in [0, 0.05) is 17.0 Å². The summed E-state index contributed by atoms with van der Waals surface area (Å²) in [6.07, 6.45) is 9.67. The summed E-state index contributed by atoms with van der Waals surface area (Å²) in [5.74, 6) is 1.80. The summed E-state index contributed by atoms with van der Waals surface area (Å²) in [5, 5.41) is 6.27. The third-order valence-electron chi connectivity index (χ3n) is 5.15. The van der Waals surface area contributed by atoms with Gasteiger partial charge in [0.2, 0.25) is 0 Å². The van der Waals surface area contributed by atoms with Crippen LogP contribution in [0.25, 0.3) is 0 Å². The van der Waals surface area contributed by atoms with Gasteiger partial charge in [-0.2, -0.15) is 0 Å². The average molecular weight is 277 g/mol. The van der Waals surface area contributed by atoms with E-state index in [2.05, 4.69) is 30.6 Å². The summed E-state index contributed by atoms with van der Waals surface area (Å²) in [6.45, 7) is 4.79. The first kappa shape index (κ1) is 13.6. The molecule has 0 aromatic carbocycles. The standard InChI is InChI=1S/C17H27NS/c1-12(2)13-5-3-6-14(11-13)18-16-7-4-8-17-15(16)9-10-19-17/h9-10,12-14,16,18H,3-8,11H2,1-2H3. The van der Waals surface area contributed by atoms with Gasteiger partial charge in [-0.25, -0.2) is 0 Å². The van der Waals surface area contributed by atoms with Crippen LogP contribution in [0.2, 0.25) is 0 Å². The Morgan fingerprint density at radius 2 is 2.11 bits per heavy atom. The second-order valence-corrected chi connectivity index (χ2v) is 7.78. The van der Waals surface area contributed by atoms with Gasteiger partial charge in [0.15, 0.2) is 0 Å². The zero-order chi connectivity index (χ0) is 13.2. The minimum atomic E-state index is 0.644. The Morgan fingerprint density at radius 1 is 1.21 bits per heavy atom. The largest absolute Gasteiger partial charge is 0.307 e. The van der Waals surface area contributed by atoms with E-state index in [-0.39, 0.29) is 0 Å². The molecule has 2 aliphatic carbocycles. The van der Waals surface area contributed by atoms with Gasteiger partial charge in [0.05, 0.1) is 0 Å². The van der Waals surface area contributed by atoms with Crippen LogP contribution in [-0.2, 0) is 6.42 Å². The molecule has 1 heterocycles. The highest BCUT2D eigenvalue weighted by atomic mass is 32.1. The van der Waals surface area contributed by atoms with Gasteiger partial charge >= 0.3 is 0 Å². The van der Waals surface area contributed by atoms with E-state index in [0.29, 0.717) is 6.04 Å². The predicted octanol–water partition coefficient (Wildman–Crippen LogP) is 4.93. The fraction of sp³-hybridized carbons (Fsp3) is 0.765. The van der Waals surface area contributed by atoms with Crippen LogP contribution in [0.4, 0.5) is 0 Å². The summed E-state index contributed by atoms with van der Waals surface area (Å²) < 4.78 is 0. The molecular weight excluding hydrogens is 250 g/mol. The van der Waals surface area contributed by atoms with Crippen molar-refractivity contribution in [3.8, 4) is 0 Å². The van der Waals surface area contributed by atoms with Crippen LogP contribution < -0.4 is 5.32 Å². The van der Waals surface area contributed by atoms with E-state index in [1.54, 1.807) is 10.4 Å². The molecule has 1 aromatic rings. The fourth-order valence-corrected chi connectivity index (χ4v) is 4.92. The number of hydrogen-bond acceptors (Lipinski definition) is 2. The molecule has 0 saturated heterocycles. The monoisotopic (exact) mass is 277 g/mol. The fourth-order valence-electron chi connectivity index (χ4n) is 3.93. The molecule has 1 N–H and O–H groups in total. The van der Waals surface area contributed by atoms with Crippen LogP contribution in [0.5, 0.6) is 0 Å². The molecule has 0 spiro atoms. The first-order chi connectivity index (χ1) is 9.24. The van der Waals surface area contributed by atoms with Crippen LogP contribution in [0, 0.1) is 11.8 Å². The third-order valence-corrected chi connectivity index (χ3v) is 6.14. The summed E-state index contributed by atoms with van der Waals surface area (Å²) >= 11 is 1.96. The highest BCUT2D eigenvalue weighted by Crippen LogP contribution is 2.36. The van der Waals surface area contributed by atoms with Gasteiger partial charge in [0.25, 0.3) is 0 Å². The molecule has 2 aliphatic rings. The van der Waals surface area contributed by atoms with Crippen molar-refractivity contribution in [2.45, 2.75) is 70.9 Å². The molecule has 1 saturated carbocycles. The molecule has 19 heavy (non-hydrogen) atoms. The van der Waals surface area contributed by atoms with Crippen LogP contribution in [-0.4, -0.2) is 6.04 Å². The first-order valence-corrected chi connectivity index (χ1v) is 8.94. The molecule has 1 nitrogen and oxygen atoms in total. The van der Waals surface area contributed by atoms with Crippen LogP contribution in [0.3, 0.4) is 0 Å². The van der Waals surface area contributed by atoms with Crippen molar-refractivity contribution in [3.63, 3.8) is 0 Å². The van der Waals surface area contributed by atoms with Gasteiger partial charge in [-0.1, -0.05) is 26.7 Å². The molecule has 0 bridgehead atoms. The van der Waals surface area contributed by atoms with Gasteiger partial charge < -0.3 is 5.32 Å². The summed E-state index contributed by atoms with van der Waals surface area (Å²) in [6, 6.07) is 3.77. The smallest absolute Gasteiger partial charge is 0.0333 e. The molecule has 1 aromatic heterocycles. The SMILES string of the molecule is CC(C)C1CCCC(NC2CCCc3sccc32)C1. The van der Waals surface area contributed by atoms with Crippen molar-refractivity contribution in [1.29, 1.82) is 0 Å². The minimum absolute atomic E-state index is 0.644. The molecule has 0 amide bonds. The lowest BCUT2D eigenvalue weighted by Gasteiger charge is -2.35. The maximum Gasteiger partial charge on any atom is 0.0333 e. The number of nitrogens with one attached hydrogen (secondary N) is 1. The van der Waals surface area contributed by atoms with Crippen LogP contribution >= 0.6 is 11.3 Å². The number of thiophene rings is 1. The Hall–Kier alpha value is -0.340. The summed E-state index contributed by atoms with van der Waals surface area (Å²) in [5.41, 5.74) is 1.61. The molecule has 0 aliphatic heterocycles. The van der Waals surface area contributed by atoms with Crippen molar-refractivity contribution in [2.75, 3.05) is 0 Å². The van der Waals surface area contributed by atoms with E-state index in [0.717, 1.165) is 17.9 Å². The summed E-state index contributed by atoms with van der Waals surface area (Å²) in [7, 11) is 0. The molecule has 1 fully saturated rings. The number of fused-ring (bicyclic) bond motifs is 1. The maximum atomic E-state index is 3.99.